The van der Waals surface area contributed by atoms with Crippen LogP contribution < -0.4 is 0 Å². The molecule has 4 unspecified atom stereocenters. The van der Waals surface area contributed by atoms with Crippen LogP contribution in [0.5, 0.6) is 0 Å². The maximum Gasteiger partial charge on any atom is 0.303 e. The van der Waals surface area contributed by atoms with Crippen LogP contribution in [0.3, 0.4) is 0 Å². The Kier molecular flexibility index (Phi) is 4.58. The minimum absolute atomic E-state index is 0.238. The molecule has 3 nitrogen and oxygen atoms in total. The van der Waals surface area contributed by atoms with E-state index in [-0.39, 0.29) is 18.0 Å². The lowest BCUT2D eigenvalue weighted by atomic mass is 9.76. The molecule has 0 heterocycles. The fraction of sp³-hybridized carbons (Fsp3) is 0.917. The topological polar surface area (TPSA) is 46.5 Å². The molecule has 1 aliphatic carbocycles. The number of esters is 1. The summed E-state index contributed by atoms with van der Waals surface area (Å²) in [5.41, 5.74) is 0. The summed E-state index contributed by atoms with van der Waals surface area (Å²) >= 11 is 0. The van der Waals surface area contributed by atoms with Crippen molar-refractivity contribution in [2.75, 3.05) is 0 Å². The smallest absolute Gasteiger partial charge is 0.303 e. The van der Waals surface area contributed by atoms with Crippen molar-refractivity contribution >= 4 is 5.97 Å². The van der Waals surface area contributed by atoms with Crippen molar-refractivity contribution in [3.05, 3.63) is 0 Å². The number of hydrogen-bond donors (Lipinski definition) is 1. The van der Waals surface area contributed by atoms with E-state index < -0.39 is 6.10 Å². The molecule has 3 heteroatoms. The number of aliphatic hydroxyl groups excluding tert-OH is 1. The first-order valence-corrected chi connectivity index (χ1v) is 5.91. The molecule has 0 aromatic rings. The van der Waals surface area contributed by atoms with Crippen LogP contribution in [0.2, 0.25) is 0 Å². The normalized spacial score (nSPS) is 36.3. The van der Waals surface area contributed by atoms with Crippen LogP contribution >= 0.6 is 0 Å². The summed E-state index contributed by atoms with van der Waals surface area (Å²) < 4.78 is 5.25. The van der Waals surface area contributed by atoms with Crippen LogP contribution in [-0.4, -0.2) is 23.3 Å². The highest BCUT2D eigenvalue weighted by atomic mass is 16.6. The van der Waals surface area contributed by atoms with Gasteiger partial charge in [-0.05, 0) is 31.1 Å². The molecule has 1 saturated carbocycles. The van der Waals surface area contributed by atoms with Crippen LogP contribution in [0.25, 0.3) is 0 Å². The van der Waals surface area contributed by atoms with Gasteiger partial charge in [-0.3, -0.25) is 4.79 Å². The van der Waals surface area contributed by atoms with Gasteiger partial charge in [-0.1, -0.05) is 20.3 Å². The molecular formula is C12H22O3. The predicted octanol–water partition coefficient (Wildman–Crippen LogP) is 2.13. The van der Waals surface area contributed by atoms with Gasteiger partial charge in [0, 0.05) is 6.92 Å². The number of carbonyl (C=O) groups is 1. The van der Waals surface area contributed by atoms with Gasteiger partial charge in [0.05, 0.1) is 6.10 Å². The summed E-state index contributed by atoms with van der Waals surface area (Å²) in [5, 5.41) is 10.0. The van der Waals surface area contributed by atoms with Crippen molar-refractivity contribution < 1.29 is 14.6 Å². The van der Waals surface area contributed by atoms with E-state index in [0.29, 0.717) is 5.92 Å². The van der Waals surface area contributed by atoms with Crippen molar-refractivity contribution in [2.45, 2.75) is 58.7 Å². The van der Waals surface area contributed by atoms with Crippen LogP contribution in [0, 0.1) is 11.8 Å². The van der Waals surface area contributed by atoms with Gasteiger partial charge in [-0.2, -0.15) is 0 Å². The highest BCUT2D eigenvalue weighted by Gasteiger charge is 2.37. The van der Waals surface area contributed by atoms with E-state index in [4.69, 9.17) is 4.74 Å². The van der Waals surface area contributed by atoms with Crippen LogP contribution in [0.4, 0.5) is 0 Å². The SMILES string of the molecule is CCCC1CCC(C)C(O)C1OC(C)=O. The Morgan fingerprint density at radius 1 is 1.47 bits per heavy atom. The molecule has 0 aromatic carbocycles. The van der Waals surface area contributed by atoms with Crippen LogP contribution in [0.15, 0.2) is 0 Å². The van der Waals surface area contributed by atoms with Gasteiger partial charge in [-0.25, -0.2) is 0 Å². The lowest BCUT2D eigenvalue weighted by Crippen LogP contribution is -2.45. The highest BCUT2D eigenvalue weighted by molar-refractivity contribution is 5.66. The zero-order chi connectivity index (χ0) is 11.4. The van der Waals surface area contributed by atoms with Gasteiger partial charge in [0.2, 0.25) is 0 Å². The molecule has 0 aliphatic heterocycles. The molecule has 1 fully saturated rings. The Labute approximate surface area is 91.8 Å². The molecule has 4 atom stereocenters. The zero-order valence-electron chi connectivity index (χ0n) is 9.90. The molecule has 0 aromatic heterocycles. The molecule has 0 bridgehead atoms. The van der Waals surface area contributed by atoms with Gasteiger partial charge in [0.15, 0.2) is 0 Å². The van der Waals surface area contributed by atoms with E-state index in [1.165, 1.54) is 6.92 Å². The summed E-state index contributed by atoms with van der Waals surface area (Å²) in [6.45, 7) is 5.55. The van der Waals surface area contributed by atoms with Crippen molar-refractivity contribution in [2.24, 2.45) is 11.8 Å². The van der Waals surface area contributed by atoms with Crippen molar-refractivity contribution in [1.82, 2.24) is 0 Å². The molecule has 1 N–H and O–H groups in total. The van der Waals surface area contributed by atoms with E-state index in [0.717, 1.165) is 25.7 Å². The molecular weight excluding hydrogens is 192 g/mol. The molecule has 0 amide bonds. The molecule has 15 heavy (non-hydrogen) atoms. The minimum atomic E-state index is -0.487. The van der Waals surface area contributed by atoms with Gasteiger partial charge < -0.3 is 9.84 Å². The lowest BCUT2D eigenvalue weighted by molar-refractivity contribution is -0.164. The summed E-state index contributed by atoms with van der Waals surface area (Å²) in [4.78, 5) is 11.0. The van der Waals surface area contributed by atoms with Crippen LogP contribution in [-0.2, 0) is 9.53 Å². The van der Waals surface area contributed by atoms with Gasteiger partial charge >= 0.3 is 5.97 Å². The van der Waals surface area contributed by atoms with E-state index in [9.17, 15) is 9.90 Å². The number of carbonyl (C=O) groups excluding carboxylic acids is 1. The average molecular weight is 214 g/mol. The fourth-order valence-electron chi connectivity index (χ4n) is 2.45. The van der Waals surface area contributed by atoms with Gasteiger partial charge in [0.1, 0.15) is 6.10 Å². The third-order valence-corrected chi connectivity index (χ3v) is 3.34. The Hall–Kier alpha value is -0.570. The van der Waals surface area contributed by atoms with E-state index in [2.05, 4.69) is 6.92 Å². The van der Waals surface area contributed by atoms with Crippen molar-refractivity contribution in [3.63, 3.8) is 0 Å². The molecule has 0 radical (unpaired) electrons. The lowest BCUT2D eigenvalue weighted by Gasteiger charge is -2.38. The molecule has 1 aliphatic rings. The molecule has 1 rings (SSSR count). The van der Waals surface area contributed by atoms with Crippen LogP contribution in [0.1, 0.15) is 46.5 Å². The van der Waals surface area contributed by atoms with E-state index >= 15 is 0 Å². The third-order valence-electron chi connectivity index (χ3n) is 3.34. The first-order valence-electron chi connectivity index (χ1n) is 5.91. The Balaban J connectivity index is 2.65. The number of rotatable bonds is 3. The zero-order valence-corrected chi connectivity index (χ0v) is 9.90. The predicted molar refractivity (Wildman–Crippen MR) is 58.4 cm³/mol. The average Bonchev–Trinajstić information content (AvgIpc) is 2.17. The number of aliphatic hydroxyl groups is 1. The standard InChI is InChI=1S/C12H22O3/c1-4-5-10-7-6-8(2)11(14)12(10)15-9(3)13/h8,10-12,14H,4-7H2,1-3H3. The maximum absolute atomic E-state index is 11.0. The van der Waals surface area contributed by atoms with E-state index in [1.807, 2.05) is 6.92 Å². The highest BCUT2D eigenvalue weighted by Crippen LogP contribution is 2.34. The second-order valence-electron chi connectivity index (χ2n) is 4.67. The first-order chi connectivity index (χ1) is 7.06. The maximum atomic E-state index is 11.0. The fourth-order valence-corrected chi connectivity index (χ4v) is 2.45. The monoisotopic (exact) mass is 214 g/mol. The van der Waals surface area contributed by atoms with Gasteiger partial charge in [0.25, 0.3) is 0 Å². The molecule has 88 valence electrons. The van der Waals surface area contributed by atoms with Crippen molar-refractivity contribution in [3.8, 4) is 0 Å². The Morgan fingerprint density at radius 2 is 2.13 bits per heavy atom. The number of ether oxygens (including phenoxy) is 1. The second-order valence-corrected chi connectivity index (χ2v) is 4.67. The Bertz CT molecular complexity index is 215. The minimum Gasteiger partial charge on any atom is -0.459 e. The molecule has 0 spiro atoms. The Morgan fingerprint density at radius 3 is 2.67 bits per heavy atom. The van der Waals surface area contributed by atoms with Gasteiger partial charge in [-0.15, -0.1) is 0 Å². The van der Waals surface area contributed by atoms with Crippen molar-refractivity contribution in [1.29, 1.82) is 0 Å². The molecule has 0 saturated heterocycles. The number of hydrogen-bond acceptors (Lipinski definition) is 3. The first kappa shape index (κ1) is 12.5. The summed E-state index contributed by atoms with van der Waals surface area (Å²) in [7, 11) is 0. The second kappa shape index (κ2) is 5.50. The third kappa shape index (κ3) is 3.20. The quantitative estimate of drug-likeness (QED) is 0.732. The largest absolute Gasteiger partial charge is 0.459 e. The van der Waals surface area contributed by atoms with E-state index in [1.54, 1.807) is 0 Å². The summed E-state index contributed by atoms with van der Waals surface area (Å²) in [6, 6.07) is 0. The summed E-state index contributed by atoms with van der Waals surface area (Å²) in [6.07, 6.45) is 3.42. The summed E-state index contributed by atoms with van der Waals surface area (Å²) in [5.74, 6) is 0.293.